The lowest BCUT2D eigenvalue weighted by Gasteiger charge is -2.15. The smallest absolute Gasteiger partial charge is 0.0693 e. The van der Waals surface area contributed by atoms with Gasteiger partial charge in [0.15, 0.2) is 0 Å². The van der Waals surface area contributed by atoms with Crippen LogP contribution >= 0.6 is 0 Å². The quantitative estimate of drug-likeness (QED) is 0.621. The molecule has 0 aliphatic heterocycles. The monoisotopic (exact) mass is 155 g/mol. The first kappa shape index (κ1) is 7.56. The van der Waals surface area contributed by atoms with E-state index in [0.29, 0.717) is 12.1 Å². The highest BCUT2D eigenvalue weighted by Gasteiger charge is 2.36. The molecule has 4 atom stereocenters. The third-order valence-electron chi connectivity index (χ3n) is 3.02. The van der Waals surface area contributed by atoms with Crippen LogP contribution in [0.4, 0.5) is 0 Å². The predicted octanol–water partition coefficient (Wildman–Crippen LogP) is 0.898. The topological polar surface area (TPSA) is 32.3 Å². The number of hydrogen-bond acceptors (Lipinski definition) is 2. The van der Waals surface area contributed by atoms with Gasteiger partial charge in [-0.25, -0.2) is 0 Å². The molecule has 0 spiro atoms. The van der Waals surface area contributed by atoms with E-state index >= 15 is 0 Å². The van der Waals surface area contributed by atoms with Gasteiger partial charge in [0, 0.05) is 12.1 Å². The number of rotatable bonds is 2. The van der Waals surface area contributed by atoms with Gasteiger partial charge < -0.3 is 10.4 Å². The van der Waals surface area contributed by atoms with Crippen molar-refractivity contribution in [1.29, 1.82) is 0 Å². The van der Waals surface area contributed by atoms with Crippen LogP contribution in [0.5, 0.6) is 0 Å². The van der Waals surface area contributed by atoms with Crippen molar-refractivity contribution in [3.05, 3.63) is 0 Å². The zero-order valence-electron chi connectivity index (χ0n) is 7.09. The van der Waals surface area contributed by atoms with E-state index in [2.05, 4.69) is 12.2 Å². The van der Waals surface area contributed by atoms with Crippen molar-refractivity contribution in [2.45, 2.75) is 50.8 Å². The van der Waals surface area contributed by atoms with Gasteiger partial charge >= 0.3 is 0 Å². The minimum atomic E-state index is -0.0669. The molecule has 2 heteroatoms. The van der Waals surface area contributed by atoms with Gasteiger partial charge in [0.25, 0.3) is 0 Å². The molecule has 0 heterocycles. The minimum absolute atomic E-state index is 0.0669. The average Bonchev–Trinajstić information content (AvgIpc) is 2.48. The zero-order chi connectivity index (χ0) is 7.84. The number of aliphatic hydroxyl groups is 1. The van der Waals surface area contributed by atoms with Crippen molar-refractivity contribution in [3.8, 4) is 0 Å². The Kier molecular flexibility index (Phi) is 1.90. The lowest BCUT2D eigenvalue weighted by molar-refractivity contribution is 0.148. The highest BCUT2D eigenvalue weighted by molar-refractivity contribution is 4.95. The summed E-state index contributed by atoms with van der Waals surface area (Å²) < 4.78 is 0. The van der Waals surface area contributed by atoms with Crippen molar-refractivity contribution in [2.24, 2.45) is 5.92 Å². The number of hydrogen-bond donors (Lipinski definition) is 2. The first-order chi connectivity index (χ1) is 5.27. The molecule has 0 aromatic rings. The van der Waals surface area contributed by atoms with E-state index in [1.165, 1.54) is 19.3 Å². The van der Waals surface area contributed by atoms with E-state index in [0.717, 1.165) is 12.3 Å². The molecule has 11 heavy (non-hydrogen) atoms. The Morgan fingerprint density at radius 2 is 2.00 bits per heavy atom. The van der Waals surface area contributed by atoms with Crippen LogP contribution in [0.1, 0.15) is 32.6 Å². The Hall–Kier alpha value is -0.0800. The van der Waals surface area contributed by atoms with E-state index in [1.54, 1.807) is 0 Å². The Bertz CT molecular complexity index is 148. The van der Waals surface area contributed by atoms with Gasteiger partial charge in [-0.2, -0.15) is 0 Å². The molecule has 2 aliphatic rings. The molecule has 0 aromatic heterocycles. The van der Waals surface area contributed by atoms with E-state index in [-0.39, 0.29) is 6.10 Å². The van der Waals surface area contributed by atoms with Gasteiger partial charge in [0.1, 0.15) is 0 Å². The fraction of sp³-hybridized carbons (Fsp3) is 1.00. The van der Waals surface area contributed by atoms with E-state index in [9.17, 15) is 5.11 Å². The SMILES string of the molecule is CC1CC1NC1CCCC1O. The molecular formula is C9H17NO. The summed E-state index contributed by atoms with van der Waals surface area (Å²) in [5, 5.41) is 13.0. The van der Waals surface area contributed by atoms with Gasteiger partial charge in [-0.05, 0) is 31.6 Å². The summed E-state index contributed by atoms with van der Waals surface area (Å²) in [6.45, 7) is 2.26. The van der Waals surface area contributed by atoms with Crippen molar-refractivity contribution in [3.63, 3.8) is 0 Å². The molecule has 0 aromatic carbocycles. The molecule has 2 saturated carbocycles. The molecule has 2 aliphatic carbocycles. The second-order valence-electron chi connectivity index (χ2n) is 4.09. The first-order valence-corrected chi connectivity index (χ1v) is 4.71. The standard InChI is InChI=1S/C9H17NO/c1-6-5-8(6)10-7-3-2-4-9(7)11/h6-11H,2-5H2,1H3. The Morgan fingerprint density at radius 1 is 1.27 bits per heavy atom. The van der Waals surface area contributed by atoms with Gasteiger partial charge in [-0.3, -0.25) is 0 Å². The van der Waals surface area contributed by atoms with Crippen LogP contribution < -0.4 is 5.32 Å². The highest BCUT2D eigenvalue weighted by Crippen LogP contribution is 2.31. The van der Waals surface area contributed by atoms with E-state index < -0.39 is 0 Å². The van der Waals surface area contributed by atoms with Crippen LogP contribution in [0.15, 0.2) is 0 Å². The van der Waals surface area contributed by atoms with Crippen LogP contribution in [-0.4, -0.2) is 23.3 Å². The second-order valence-corrected chi connectivity index (χ2v) is 4.09. The number of aliphatic hydroxyl groups excluding tert-OH is 1. The predicted molar refractivity (Wildman–Crippen MR) is 44.4 cm³/mol. The van der Waals surface area contributed by atoms with Gasteiger partial charge in [-0.1, -0.05) is 6.92 Å². The molecular weight excluding hydrogens is 138 g/mol. The third kappa shape index (κ3) is 1.57. The van der Waals surface area contributed by atoms with E-state index in [1.807, 2.05) is 0 Å². The summed E-state index contributed by atoms with van der Waals surface area (Å²) in [4.78, 5) is 0. The summed E-state index contributed by atoms with van der Waals surface area (Å²) in [5.41, 5.74) is 0. The first-order valence-electron chi connectivity index (χ1n) is 4.71. The van der Waals surface area contributed by atoms with Crippen molar-refractivity contribution in [2.75, 3.05) is 0 Å². The molecule has 0 bridgehead atoms. The lowest BCUT2D eigenvalue weighted by atomic mass is 10.2. The number of nitrogens with one attached hydrogen (secondary N) is 1. The average molecular weight is 155 g/mol. The van der Waals surface area contributed by atoms with Crippen LogP contribution in [0.2, 0.25) is 0 Å². The fourth-order valence-corrected chi connectivity index (χ4v) is 1.96. The highest BCUT2D eigenvalue weighted by atomic mass is 16.3. The maximum atomic E-state index is 9.49. The molecule has 0 saturated heterocycles. The summed E-state index contributed by atoms with van der Waals surface area (Å²) in [5.74, 6) is 0.850. The van der Waals surface area contributed by atoms with Gasteiger partial charge in [0.2, 0.25) is 0 Å². The molecule has 2 N–H and O–H groups in total. The van der Waals surface area contributed by atoms with Crippen LogP contribution in [0, 0.1) is 5.92 Å². The molecule has 64 valence electrons. The third-order valence-corrected chi connectivity index (χ3v) is 3.02. The largest absolute Gasteiger partial charge is 0.392 e. The zero-order valence-corrected chi connectivity index (χ0v) is 7.09. The molecule has 4 unspecified atom stereocenters. The Morgan fingerprint density at radius 3 is 2.45 bits per heavy atom. The summed E-state index contributed by atoms with van der Waals surface area (Å²) >= 11 is 0. The minimum Gasteiger partial charge on any atom is -0.392 e. The van der Waals surface area contributed by atoms with Crippen molar-refractivity contribution in [1.82, 2.24) is 5.32 Å². The van der Waals surface area contributed by atoms with Crippen molar-refractivity contribution < 1.29 is 5.11 Å². The molecule has 0 radical (unpaired) electrons. The summed E-state index contributed by atoms with van der Waals surface area (Å²) in [7, 11) is 0. The second kappa shape index (κ2) is 2.76. The van der Waals surface area contributed by atoms with Crippen molar-refractivity contribution >= 4 is 0 Å². The molecule has 2 nitrogen and oxygen atoms in total. The van der Waals surface area contributed by atoms with Crippen LogP contribution in [-0.2, 0) is 0 Å². The maximum absolute atomic E-state index is 9.49. The maximum Gasteiger partial charge on any atom is 0.0693 e. The van der Waals surface area contributed by atoms with Gasteiger partial charge in [0.05, 0.1) is 6.10 Å². The lowest BCUT2D eigenvalue weighted by Crippen LogP contribution is -2.37. The van der Waals surface area contributed by atoms with Crippen LogP contribution in [0.25, 0.3) is 0 Å². The summed E-state index contributed by atoms with van der Waals surface area (Å²) in [6, 6.07) is 1.12. The Labute approximate surface area is 68.0 Å². The fourth-order valence-electron chi connectivity index (χ4n) is 1.96. The normalized spacial score (nSPS) is 49.6. The van der Waals surface area contributed by atoms with Crippen LogP contribution in [0.3, 0.4) is 0 Å². The van der Waals surface area contributed by atoms with Gasteiger partial charge in [-0.15, -0.1) is 0 Å². The Balaban J connectivity index is 1.77. The molecule has 2 fully saturated rings. The molecule has 2 rings (SSSR count). The summed E-state index contributed by atoms with van der Waals surface area (Å²) in [6.07, 6.45) is 4.61. The molecule has 0 amide bonds. The van der Waals surface area contributed by atoms with E-state index in [4.69, 9.17) is 0 Å².